The zero-order valence-corrected chi connectivity index (χ0v) is 14.2. The number of halogens is 1. The summed E-state index contributed by atoms with van der Waals surface area (Å²) in [7, 11) is 0. The highest BCUT2D eigenvalue weighted by Crippen LogP contribution is 2.24. The normalized spacial score (nSPS) is 11.4. The molecule has 0 unspecified atom stereocenters. The molecule has 106 valence electrons. The van der Waals surface area contributed by atoms with Gasteiger partial charge in [0.2, 0.25) is 0 Å². The molecule has 0 aliphatic heterocycles. The van der Waals surface area contributed by atoms with Gasteiger partial charge in [0, 0.05) is 16.7 Å². The van der Waals surface area contributed by atoms with Gasteiger partial charge in [0.25, 0.3) is 0 Å². The van der Waals surface area contributed by atoms with Crippen molar-refractivity contribution in [3.8, 4) is 0 Å². The quantitative estimate of drug-likeness (QED) is 0.764. The fraction of sp³-hybridized carbons (Fsp3) is 0.333. The molecule has 20 heavy (non-hydrogen) atoms. The second-order valence-electron chi connectivity index (χ2n) is 6.26. The Bertz CT molecular complexity index is 579. The predicted molar refractivity (Wildman–Crippen MR) is 91.3 cm³/mol. The van der Waals surface area contributed by atoms with E-state index in [9.17, 15) is 0 Å². The van der Waals surface area contributed by atoms with Crippen molar-refractivity contribution in [2.75, 3.05) is 5.32 Å². The zero-order valence-electron chi connectivity index (χ0n) is 12.6. The lowest BCUT2D eigenvalue weighted by atomic mass is 9.87. The molecule has 1 nitrogen and oxygen atoms in total. The molecular formula is C18H22BrN. The smallest absolute Gasteiger partial charge is 0.0401 e. The first-order chi connectivity index (χ1) is 9.36. The largest absolute Gasteiger partial charge is 0.381 e. The average Bonchev–Trinajstić information content (AvgIpc) is 2.40. The Kier molecular flexibility index (Phi) is 4.54. The first kappa shape index (κ1) is 15.1. The third kappa shape index (κ3) is 3.86. The Labute approximate surface area is 130 Å². The van der Waals surface area contributed by atoms with Gasteiger partial charge in [-0.15, -0.1) is 0 Å². The van der Waals surface area contributed by atoms with Gasteiger partial charge in [0.15, 0.2) is 0 Å². The maximum atomic E-state index is 3.58. The molecule has 2 aromatic carbocycles. The van der Waals surface area contributed by atoms with Crippen LogP contribution >= 0.6 is 15.9 Å². The number of anilines is 1. The van der Waals surface area contributed by atoms with Crippen molar-refractivity contribution >= 4 is 21.6 Å². The van der Waals surface area contributed by atoms with E-state index in [1.54, 1.807) is 0 Å². The molecule has 0 atom stereocenters. The van der Waals surface area contributed by atoms with E-state index in [2.05, 4.69) is 91.4 Å². The van der Waals surface area contributed by atoms with E-state index in [-0.39, 0.29) is 5.41 Å². The second kappa shape index (κ2) is 6.01. The van der Waals surface area contributed by atoms with Gasteiger partial charge in [-0.05, 0) is 47.2 Å². The first-order valence-corrected chi connectivity index (χ1v) is 7.75. The molecule has 0 bridgehead atoms. The summed E-state index contributed by atoms with van der Waals surface area (Å²) in [5.41, 5.74) is 5.28. The van der Waals surface area contributed by atoms with E-state index in [1.807, 2.05) is 0 Å². The Balaban J connectivity index is 2.02. The van der Waals surface area contributed by atoms with Crippen molar-refractivity contribution in [1.29, 1.82) is 0 Å². The molecule has 2 aromatic rings. The molecule has 0 saturated carbocycles. The monoisotopic (exact) mass is 331 g/mol. The minimum absolute atomic E-state index is 0.209. The van der Waals surface area contributed by atoms with Crippen LogP contribution in [0.25, 0.3) is 0 Å². The van der Waals surface area contributed by atoms with E-state index < -0.39 is 0 Å². The standard InChI is InChI=1S/C18H22BrN/c1-13-5-6-14(11-17(13)19)12-20-16-9-7-15(8-10-16)18(2,3)4/h5-11,20H,12H2,1-4H3. The molecule has 0 heterocycles. The van der Waals surface area contributed by atoms with Gasteiger partial charge in [-0.1, -0.05) is 61.0 Å². The Hall–Kier alpha value is -1.28. The summed E-state index contributed by atoms with van der Waals surface area (Å²) in [4.78, 5) is 0. The van der Waals surface area contributed by atoms with E-state index in [0.717, 1.165) is 12.2 Å². The molecule has 2 heteroatoms. The Morgan fingerprint density at radius 3 is 2.20 bits per heavy atom. The topological polar surface area (TPSA) is 12.0 Å². The highest BCUT2D eigenvalue weighted by Gasteiger charge is 2.12. The van der Waals surface area contributed by atoms with Gasteiger partial charge in [-0.2, -0.15) is 0 Å². The SMILES string of the molecule is Cc1ccc(CNc2ccc(C(C)(C)C)cc2)cc1Br. The maximum absolute atomic E-state index is 3.58. The molecule has 1 N–H and O–H groups in total. The van der Waals surface area contributed by atoms with Crippen LogP contribution in [0.5, 0.6) is 0 Å². The number of rotatable bonds is 3. The number of aryl methyl sites for hydroxylation is 1. The lowest BCUT2D eigenvalue weighted by Gasteiger charge is -2.19. The van der Waals surface area contributed by atoms with E-state index in [0.29, 0.717) is 0 Å². The Morgan fingerprint density at radius 2 is 1.65 bits per heavy atom. The first-order valence-electron chi connectivity index (χ1n) is 6.96. The average molecular weight is 332 g/mol. The fourth-order valence-corrected chi connectivity index (χ4v) is 2.46. The van der Waals surface area contributed by atoms with Crippen LogP contribution in [0.2, 0.25) is 0 Å². The summed E-state index contributed by atoms with van der Waals surface area (Å²) >= 11 is 3.58. The van der Waals surface area contributed by atoms with Gasteiger partial charge in [0.05, 0.1) is 0 Å². The molecule has 0 aromatic heterocycles. The van der Waals surface area contributed by atoms with Crippen LogP contribution in [0.1, 0.15) is 37.5 Å². The number of nitrogens with one attached hydrogen (secondary N) is 1. The van der Waals surface area contributed by atoms with Crippen LogP contribution in [-0.4, -0.2) is 0 Å². The molecular weight excluding hydrogens is 310 g/mol. The van der Waals surface area contributed by atoms with Crippen LogP contribution in [0, 0.1) is 6.92 Å². The van der Waals surface area contributed by atoms with Crippen molar-refractivity contribution in [2.24, 2.45) is 0 Å². The zero-order chi connectivity index (χ0) is 14.8. The molecule has 0 aliphatic carbocycles. The third-order valence-electron chi connectivity index (χ3n) is 3.48. The fourth-order valence-electron chi connectivity index (χ4n) is 2.04. The van der Waals surface area contributed by atoms with Crippen LogP contribution in [0.15, 0.2) is 46.9 Å². The molecule has 0 saturated heterocycles. The van der Waals surface area contributed by atoms with Crippen molar-refractivity contribution in [3.05, 3.63) is 63.6 Å². The summed E-state index contributed by atoms with van der Waals surface area (Å²) in [6.07, 6.45) is 0. The van der Waals surface area contributed by atoms with Crippen LogP contribution in [0.4, 0.5) is 5.69 Å². The predicted octanol–water partition coefficient (Wildman–Crippen LogP) is 5.67. The lowest BCUT2D eigenvalue weighted by molar-refractivity contribution is 0.590. The van der Waals surface area contributed by atoms with E-state index in [1.165, 1.54) is 21.2 Å². The van der Waals surface area contributed by atoms with Gasteiger partial charge in [-0.25, -0.2) is 0 Å². The highest BCUT2D eigenvalue weighted by molar-refractivity contribution is 9.10. The number of hydrogen-bond donors (Lipinski definition) is 1. The summed E-state index contributed by atoms with van der Waals surface area (Å²) in [5, 5.41) is 3.47. The lowest BCUT2D eigenvalue weighted by Crippen LogP contribution is -2.10. The molecule has 0 spiro atoms. The van der Waals surface area contributed by atoms with E-state index in [4.69, 9.17) is 0 Å². The summed E-state index contributed by atoms with van der Waals surface area (Å²) in [6.45, 7) is 9.65. The van der Waals surface area contributed by atoms with Crippen molar-refractivity contribution < 1.29 is 0 Å². The minimum Gasteiger partial charge on any atom is -0.381 e. The number of hydrogen-bond acceptors (Lipinski definition) is 1. The van der Waals surface area contributed by atoms with Crippen LogP contribution in [-0.2, 0) is 12.0 Å². The van der Waals surface area contributed by atoms with Gasteiger partial charge < -0.3 is 5.32 Å². The molecule has 0 aliphatic rings. The van der Waals surface area contributed by atoms with Crippen molar-refractivity contribution in [3.63, 3.8) is 0 Å². The highest BCUT2D eigenvalue weighted by atomic mass is 79.9. The summed E-state index contributed by atoms with van der Waals surface area (Å²) in [6, 6.07) is 15.2. The molecule has 0 amide bonds. The number of benzene rings is 2. The van der Waals surface area contributed by atoms with Crippen LogP contribution in [0.3, 0.4) is 0 Å². The molecule has 0 radical (unpaired) electrons. The van der Waals surface area contributed by atoms with Crippen LogP contribution < -0.4 is 5.32 Å². The van der Waals surface area contributed by atoms with E-state index >= 15 is 0 Å². The second-order valence-corrected chi connectivity index (χ2v) is 7.12. The maximum Gasteiger partial charge on any atom is 0.0401 e. The third-order valence-corrected chi connectivity index (χ3v) is 4.34. The van der Waals surface area contributed by atoms with Gasteiger partial charge in [-0.3, -0.25) is 0 Å². The minimum atomic E-state index is 0.209. The Morgan fingerprint density at radius 1 is 1.00 bits per heavy atom. The van der Waals surface area contributed by atoms with Gasteiger partial charge >= 0.3 is 0 Å². The van der Waals surface area contributed by atoms with Gasteiger partial charge in [0.1, 0.15) is 0 Å². The summed E-state index contributed by atoms with van der Waals surface area (Å²) < 4.78 is 1.17. The summed E-state index contributed by atoms with van der Waals surface area (Å²) in [5.74, 6) is 0. The molecule has 0 fully saturated rings. The van der Waals surface area contributed by atoms with Crippen molar-refractivity contribution in [1.82, 2.24) is 0 Å². The van der Waals surface area contributed by atoms with Crippen molar-refractivity contribution in [2.45, 2.75) is 39.7 Å². The molecule has 2 rings (SSSR count).